The number of primary amides is 1. The Bertz CT molecular complexity index is 777. The number of nitrogens with two attached hydrogens (primary N) is 1. The maximum atomic E-state index is 11.5. The van der Waals surface area contributed by atoms with Gasteiger partial charge in [0.2, 0.25) is 0 Å². The number of methoxy groups -OCH3 is 1. The van der Waals surface area contributed by atoms with Crippen LogP contribution in [0.2, 0.25) is 0 Å². The molecule has 3 rings (SSSR count). The molecule has 6 nitrogen and oxygen atoms in total. The molecule has 0 unspecified atom stereocenters. The first kappa shape index (κ1) is 19.3. The van der Waals surface area contributed by atoms with Crippen molar-refractivity contribution in [3.63, 3.8) is 0 Å². The van der Waals surface area contributed by atoms with Crippen molar-refractivity contribution in [2.75, 3.05) is 7.11 Å². The van der Waals surface area contributed by atoms with E-state index >= 15 is 0 Å². The number of aryl methyl sites for hydroxylation is 1. The van der Waals surface area contributed by atoms with E-state index in [9.17, 15) is 9.59 Å². The summed E-state index contributed by atoms with van der Waals surface area (Å²) in [5.41, 5.74) is 7.83. The van der Waals surface area contributed by atoms with Crippen LogP contribution < -0.4 is 5.73 Å². The summed E-state index contributed by atoms with van der Waals surface area (Å²) in [4.78, 5) is 31.5. The standard InChI is InChI=1S/C21H27N3O3/c1-13-20(21(22)26)24-18(12-23-13)17-9-7-16(8-10-17)15-5-3-14(4-6-15)11-19(25)27-2/h7,9-10,12,14-16H,3-6,8,11H2,1-2H3,(H2,22,26)/t14?,15?,16-/m0/s1. The van der Waals surface area contributed by atoms with Crippen LogP contribution in [0, 0.1) is 24.7 Å². The summed E-state index contributed by atoms with van der Waals surface area (Å²) in [6.07, 6.45) is 14.2. The van der Waals surface area contributed by atoms with Crippen LogP contribution >= 0.6 is 0 Å². The first-order chi connectivity index (χ1) is 13.0. The van der Waals surface area contributed by atoms with Crippen molar-refractivity contribution < 1.29 is 14.3 Å². The second-order valence-corrected chi connectivity index (χ2v) is 7.53. The number of amides is 1. The molecular weight excluding hydrogens is 342 g/mol. The molecule has 0 bridgehead atoms. The van der Waals surface area contributed by atoms with Crippen LogP contribution in [0.15, 0.2) is 24.4 Å². The van der Waals surface area contributed by atoms with Crippen LogP contribution in [0.4, 0.5) is 0 Å². The fourth-order valence-corrected chi connectivity index (χ4v) is 4.14. The van der Waals surface area contributed by atoms with Gasteiger partial charge in [-0.1, -0.05) is 18.2 Å². The number of hydrogen-bond acceptors (Lipinski definition) is 5. The number of carbonyl (C=O) groups is 2. The van der Waals surface area contributed by atoms with Crippen molar-refractivity contribution in [3.8, 4) is 0 Å². The van der Waals surface area contributed by atoms with Gasteiger partial charge in [-0.15, -0.1) is 0 Å². The van der Waals surface area contributed by atoms with E-state index in [2.05, 4.69) is 28.2 Å². The Labute approximate surface area is 159 Å². The number of hydrogen-bond donors (Lipinski definition) is 1. The van der Waals surface area contributed by atoms with E-state index in [0.717, 1.165) is 37.7 Å². The lowest BCUT2D eigenvalue weighted by Crippen LogP contribution is -2.23. The van der Waals surface area contributed by atoms with E-state index in [1.54, 1.807) is 13.1 Å². The molecule has 2 aliphatic rings. The number of nitrogens with zero attached hydrogens (tertiary/aromatic N) is 2. The highest BCUT2D eigenvalue weighted by molar-refractivity contribution is 5.92. The average Bonchev–Trinajstić information content (AvgIpc) is 2.69. The largest absolute Gasteiger partial charge is 0.469 e. The number of allylic oxidation sites excluding steroid dienone is 4. The predicted molar refractivity (Wildman–Crippen MR) is 103 cm³/mol. The SMILES string of the molecule is COC(=O)CC1CCC([C@H]2C=CC(c3cnc(C)c(C(N)=O)n3)=CC2)CC1. The predicted octanol–water partition coefficient (Wildman–Crippen LogP) is 3.21. The summed E-state index contributed by atoms with van der Waals surface area (Å²) in [6.45, 7) is 1.73. The molecule has 1 saturated carbocycles. The molecule has 1 aromatic rings. The van der Waals surface area contributed by atoms with Crippen LogP contribution in [-0.4, -0.2) is 29.0 Å². The van der Waals surface area contributed by atoms with Gasteiger partial charge in [0.1, 0.15) is 5.69 Å². The Morgan fingerprint density at radius 3 is 2.59 bits per heavy atom. The average molecular weight is 369 g/mol. The van der Waals surface area contributed by atoms with Gasteiger partial charge in [0.25, 0.3) is 5.91 Å². The highest BCUT2D eigenvalue weighted by Gasteiger charge is 2.28. The minimum atomic E-state index is -0.552. The highest BCUT2D eigenvalue weighted by Crippen LogP contribution is 2.39. The molecule has 0 aromatic carbocycles. The molecule has 1 fully saturated rings. The summed E-state index contributed by atoms with van der Waals surface area (Å²) in [5, 5.41) is 0. The van der Waals surface area contributed by atoms with E-state index < -0.39 is 5.91 Å². The molecule has 0 spiro atoms. The second-order valence-electron chi connectivity index (χ2n) is 7.53. The van der Waals surface area contributed by atoms with Gasteiger partial charge in [0.15, 0.2) is 0 Å². The Balaban J connectivity index is 1.58. The molecule has 144 valence electrons. The van der Waals surface area contributed by atoms with Gasteiger partial charge < -0.3 is 10.5 Å². The second kappa shape index (κ2) is 8.46. The molecule has 2 aliphatic carbocycles. The maximum absolute atomic E-state index is 11.5. The van der Waals surface area contributed by atoms with E-state index in [-0.39, 0.29) is 11.7 Å². The van der Waals surface area contributed by atoms with Crippen molar-refractivity contribution in [1.29, 1.82) is 0 Å². The van der Waals surface area contributed by atoms with E-state index in [1.807, 2.05) is 0 Å². The lowest BCUT2D eigenvalue weighted by atomic mass is 9.73. The molecule has 0 aliphatic heterocycles. The summed E-state index contributed by atoms with van der Waals surface area (Å²) in [6, 6.07) is 0. The number of aromatic nitrogens is 2. The zero-order chi connectivity index (χ0) is 19.4. The van der Waals surface area contributed by atoms with Gasteiger partial charge in [-0.25, -0.2) is 4.98 Å². The molecule has 1 atom stereocenters. The van der Waals surface area contributed by atoms with Crippen LogP contribution in [0.5, 0.6) is 0 Å². The fourth-order valence-electron chi connectivity index (χ4n) is 4.14. The van der Waals surface area contributed by atoms with Crippen molar-refractivity contribution >= 4 is 17.4 Å². The third-order valence-corrected chi connectivity index (χ3v) is 5.80. The van der Waals surface area contributed by atoms with Gasteiger partial charge >= 0.3 is 5.97 Å². The minimum Gasteiger partial charge on any atom is -0.469 e. The third kappa shape index (κ3) is 4.62. The summed E-state index contributed by atoms with van der Waals surface area (Å²) in [5.74, 6) is 0.976. The molecule has 6 heteroatoms. The van der Waals surface area contributed by atoms with Crippen LogP contribution in [0.1, 0.15) is 60.4 Å². The van der Waals surface area contributed by atoms with E-state index in [0.29, 0.717) is 35.6 Å². The van der Waals surface area contributed by atoms with Crippen molar-refractivity contribution in [1.82, 2.24) is 9.97 Å². The Morgan fingerprint density at radius 2 is 2.00 bits per heavy atom. The lowest BCUT2D eigenvalue weighted by molar-refractivity contribution is -0.142. The molecule has 1 aromatic heterocycles. The molecule has 1 heterocycles. The normalized spacial score (nSPS) is 25.0. The van der Waals surface area contributed by atoms with Crippen LogP contribution in [-0.2, 0) is 9.53 Å². The van der Waals surface area contributed by atoms with Crippen LogP contribution in [0.3, 0.4) is 0 Å². The molecule has 0 radical (unpaired) electrons. The Kier molecular flexibility index (Phi) is 6.04. The molecule has 2 N–H and O–H groups in total. The van der Waals surface area contributed by atoms with Crippen molar-refractivity contribution in [2.24, 2.45) is 23.5 Å². The molecule has 1 amide bonds. The summed E-state index contributed by atoms with van der Waals surface area (Å²) >= 11 is 0. The smallest absolute Gasteiger partial charge is 0.305 e. The van der Waals surface area contributed by atoms with Crippen molar-refractivity contribution in [3.05, 3.63) is 41.5 Å². The topological polar surface area (TPSA) is 95.2 Å². The number of esters is 1. The van der Waals surface area contributed by atoms with Crippen molar-refractivity contribution in [2.45, 2.75) is 45.4 Å². The van der Waals surface area contributed by atoms with Gasteiger partial charge in [0, 0.05) is 6.42 Å². The number of carbonyl (C=O) groups excluding carboxylic acids is 2. The highest BCUT2D eigenvalue weighted by atomic mass is 16.5. The first-order valence-electron chi connectivity index (χ1n) is 9.57. The Morgan fingerprint density at radius 1 is 1.26 bits per heavy atom. The molecule has 0 saturated heterocycles. The van der Waals surface area contributed by atoms with E-state index in [4.69, 9.17) is 10.5 Å². The van der Waals surface area contributed by atoms with Gasteiger partial charge in [-0.3, -0.25) is 14.6 Å². The first-order valence-corrected chi connectivity index (χ1v) is 9.57. The third-order valence-electron chi connectivity index (χ3n) is 5.80. The summed E-state index contributed by atoms with van der Waals surface area (Å²) in [7, 11) is 1.45. The Hall–Kier alpha value is -2.50. The van der Waals surface area contributed by atoms with E-state index in [1.165, 1.54) is 7.11 Å². The van der Waals surface area contributed by atoms with Gasteiger partial charge in [-0.2, -0.15) is 0 Å². The summed E-state index contributed by atoms with van der Waals surface area (Å²) < 4.78 is 4.78. The number of rotatable bonds is 5. The number of ether oxygens (including phenoxy) is 1. The fraction of sp³-hybridized carbons (Fsp3) is 0.524. The van der Waals surface area contributed by atoms with Gasteiger partial charge in [0.05, 0.1) is 24.7 Å². The zero-order valence-corrected chi connectivity index (χ0v) is 16.0. The van der Waals surface area contributed by atoms with Gasteiger partial charge in [-0.05, 0) is 62.4 Å². The molecular formula is C21H27N3O3. The maximum Gasteiger partial charge on any atom is 0.305 e. The minimum absolute atomic E-state index is 0.0990. The van der Waals surface area contributed by atoms with Crippen LogP contribution in [0.25, 0.3) is 5.57 Å². The zero-order valence-electron chi connectivity index (χ0n) is 16.0. The monoisotopic (exact) mass is 369 g/mol. The quantitative estimate of drug-likeness (QED) is 0.804. The lowest BCUT2D eigenvalue weighted by Gasteiger charge is -2.33. The molecule has 27 heavy (non-hydrogen) atoms.